The monoisotopic (exact) mass is 524 g/mol. The van der Waals surface area contributed by atoms with E-state index in [1.807, 2.05) is 0 Å². The third-order valence-electron chi connectivity index (χ3n) is 5.58. The second-order valence-electron chi connectivity index (χ2n) is 8.32. The summed E-state index contributed by atoms with van der Waals surface area (Å²) in [5.41, 5.74) is 0.269. The molecule has 1 aliphatic heterocycles. The van der Waals surface area contributed by atoms with E-state index in [1.165, 1.54) is 48.7 Å². The molecule has 2 heterocycles. The van der Waals surface area contributed by atoms with Crippen LogP contribution in [0.25, 0.3) is 6.08 Å². The number of anilines is 2. The van der Waals surface area contributed by atoms with Gasteiger partial charge in [-0.2, -0.15) is 13.2 Å². The smallest absolute Gasteiger partial charge is 0.378 e. The fourth-order valence-electron chi connectivity index (χ4n) is 3.64. The lowest BCUT2D eigenvalue weighted by atomic mass is 10.1. The predicted molar refractivity (Wildman–Crippen MR) is 134 cm³/mol. The van der Waals surface area contributed by atoms with E-state index in [0.717, 1.165) is 12.1 Å². The van der Waals surface area contributed by atoms with Crippen molar-refractivity contribution in [3.05, 3.63) is 95.2 Å². The van der Waals surface area contributed by atoms with Gasteiger partial charge in [0.15, 0.2) is 0 Å². The maximum absolute atomic E-state index is 12.9. The first-order valence-corrected chi connectivity index (χ1v) is 11.6. The van der Waals surface area contributed by atoms with Crippen LogP contribution in [0, 0.1) is 0 Å². The molecule has 0 aliphatic carbocycles. The van der Waals surface area contributed by atoms with E-state index < -0.39 is 23.6 Å². The van der Waals surface area contributed by atoms with Gasteiger partial charge in [0.25, 0.3) is 11.8 Å². The number of amides is 3. The molecule has 1 fully saturated rings. The van der Waals surface area contributed by atoms with Crippen LogP contribution in [0.15, 0.2) is 72.9 Å². The number of pyridine rings is 1. The summed E-state index contributed by atoms with van der Waals surface area (Å²) in [7, 11) is 0. The van der Waals surface area contributed by atoms with E-state index in [4.69, 9.17) is 4.74 Å². The molecule has 196 valence electrons. The molecular weight excluding hydrogens is 501 g/mol. The topological polar surface area (TPSA) is 101 Å². The summed E-state index contributed by atoms with van der Waals surface area (Å²) < 4.78 is 44.0. The van der Waals surface area contributed by atoms with Crippen molar-refractivity contribution in [1.82, 2.24) is 9.88 Å². The van der Waals surface area contributed by atoms with Gasteiger partial charge in [-0.25, -0.2) is 4.98 Å². The minimum Gasteiger partial charge on any atom is -0.378 e. The minimum absolute atomic E-state index is 0.00955. The van der Waals surface area contributed by atoms with Crippen molar-refractivity contribution in [3.8, 4) is 0 Å². The molecule has 0 saturated carbocycles. The number of aromatic nitrogens is 1. The highest BCUT2D eigenvalue weighted by atomic mass is 19.4. The minimum atomic E-state index is -4.52. The van der Waals surface area contributed by atoms with Crippen molar-refractivity contribution in [2.24, 2.45) is 0 Å². The second kappa shape index (κ2) is 11.7. The van der Waals surface area contributed by atoms with Gasteiger partial charge < -0.3 is 20.3 Å². The number of ether oxygens (including phenoxy) is 1. The normalized spacial score (nSPS) is 13.8. The molecule has 1 aliphatic rings. The lowest BCUT2D eigenvalue weighted by Gasteiger charge is -2.26. The molecule has 3 aromatic rings. The van der Waals surface area contributed by atoms with Gasteiger partial charge in [0.05, 0.1) is 24.3 Å². The first-order valence-electron chi connectivity index (χ1n) is 11.6. The average Bonchev–Trinajstić information content (AvgIpc) is 2.92. The summed E-state index contributed by atoms with van der Waals surface area (Å²) in [5.74, 6) is -0.980. The molecule has 2 aromatic carbocycles. The number of nitrogens with zero attached hydrogens (tertiary/aromatic N) is 2. The number of hydrogen-bond acceptors (Lipinski definition) is 5. The van der Waals surface area contributed by atoms with Gasteiger partial charge in [0, 0.05) is 36.6 Å². The molecule has 11 heteroatoms. The lowest BCUT2D eigenvalue weighted by Crippen LogP contribution is -2.40. The Morgan fingerprint density at radius 3 is 2.39 bits per heavy atom. The van der Waals surface area contributed by atoms with Gasteiger partial charge in [-0.3, -0.25) is 14.4 Å². The van der Waals surface area contributed by atoms with Crippen LogP contribution in [0.1, 0.15) is 31.8 Å². The standard InChI is InChI=1S/C27H23F3N4O4/c28-27(29,30)21-5-2-6-22(16-21)32-25(36)19-4-1-3-18(15-19)7-10-24(35)33-23-9-8-20(17-31-23)26(37)34-11-13-38-14-12-34/h1-10,15-17H,11-14H2,(H,32,36)(H,31,33,35). The van der Waals surface area contributed by atoms with Crippen molar-refractivity contribution in [2.75, 3.05) is 36.9 Å². The zero-order chi connectivity index (χ0) is 27.1. The first kappa shape index (κ1) is 26.6. The number of alkyl halides is 3. The molecule has 3 amide bonds. The summed E-state index contributed by atoms with van der Waals surface area (Å²) in [5, 5.41) is 5.04. The van der Waals surface area contributed by atoms with E-state index in [1.54, 1.807) is 23.1 Å². The molecule has 2 N–H and O–H groups in total. The second-order valence-corrected chi connectivity index (χ2v) is 8.32. The molecule has 0 atom stereocenters. The van der Waals surface area contributed by atoms with E-state index in [9.17, 15) is 27.6 Å². The molecule has 0 unspecified atom stereocenters. The third kappa shape index (κ3) is 7.04. The van der Waals surface area contributed by atoms with Crippen molar-refractivity contribution >= 4 is 35.3 Å². The maximum atomic E-state index is 12.9. The molecule has 1 aromatic heterocycles. The maximum Gasteiger partial charge on any atom is 0.416 e. The van der Waals surface area contributed by atoms with Gasteiger partial charge in [0.1, 0.15) is 5.82 Å². The largest absolute Gasteiger partial charge is 0.416 e. The Morgan fingerprint density at radius 1 is 0.921 bits per heavy atom. The number of benzene rings is 2. The first-order chi connectivity index (χ1) is 18.2. The SMILES string of the molecule is O=C(C=Cc1cccc(C(=O)Nc2cccc(C(F)(F)F)c2)c1)Nc1ccc(C(=O)N2CCOCC2)cn1. The summed E-state index contributed by atoms with van der Waals surface area (Å²) in [4.78, 5) is 43.2. The fourth-order valence-corrected chi connectivity index (χ4v) is 3.64. The Hall–Kier alpha value is -4.51. The van der Waals surface area contributed by atoms with Crippen LogP contribution in [0.3, 0.4) is 0 Å². The van der Waals surface area contributed by atoms with Gasteiger partial charge in [-0.05, 0) is 54.1 Å². The van der Waals surface area contributed by atoms with Crippen LogP contribution in [-0.2, 0) is 15.7 Å². The van der Waals surface area contributed by atoms with Crippen molar-refractivity contribution in [2.45, 2.75) is 6.18 Å². The van der Waals surface area contributed by atoms with Gasteiger partial charge in [-0.15, -0.1) is 0 Å². The molecule has 0 radical (unpaired) electrons. The number of hydrogen-bond donors (Lipinski definition) is 2. The van der Waals surface area contributed by atoms with E-state index in [2.05, 4.69) is 15.6 Å². The Labute approximate surface area is 216 Å². The van der Waals surface area contributed by atoms with Gasteiger partial charge in [-0.1, -0.05) is 18.2 Å². The molecule has 0 spiro atoms. The lowest BCUT2D eigenvalue weighted by molar-refractivity contribution is -0.137. The zero-order valence-corrected chi connectivity index (χ0v) is 20.0. The summed E-state index contributed by atoms with van der Waals surface area (Å²) in [6.07, 6.45) is -0.404. The molecule has 38 heavy (non-hydrogen) atoms. The highest BCUT2D eigenvalue weighted by Crippen LogP contribution is 2.30. The molecule has 8 nitrogen and oxygen atoms in total. The Balaban J connectivity index is 1.34. The van der Waals surface area contributed by atoms with Crippen molar-refractivity contribution < 1.29 is 32.3 Å². The fraction of sp³-hybridized carbons (Fsp3) is 0.185. The van der Waals surface area contributed by atoms with E-state index in [0.29, 0.717) is 37.4 Å². The summed E-state index contributed by atoms with van der Waals surface area (Å²) >= 11 is 0. The average molecular weight is 524 g/mol. The quantitative estimate of drug-likeness (QED) is 0.464. The van der Waals surface area contributed by atoms with Gasteiger partial charge >= 0.3 is 6.18 Å². The highest BCUT2D eigenvalue weighted by Gasteiger charge is 2.30. The Bertz CT molecular complexity index is 1350. The number of rotatable bonds is 6. The van der Waals surface area contributed by atoms with E-state index >= 15 is 0 Å². The number of carbonyl (C=O) groups is 3. The van der Waals surface area contributed by atoms with Crippen molar-refractivity contribution in [3.63, 3.8) is 0 Å². The van der Waals surface area contributed by atoms with Crippen molar-refractivity contribution in [1.29, 1.82) is 0 Å². The van der Waals surface area contributed by atoms with E-state index in [-0.39, 0.29) is 23.0 Å². The number of halogens is 3. The van der Waals surface area contributed by atoms with Crippen LogP contribution in [0.2, 0.25) is 0 Å². The number of morpholine rings is 1. The predicted octanol–water partition coefficient (Wildman–Crippen LogP) is 4.48. The molecule has 1 saturated heterocycles. The van der Waals surface area contributed by atoms with Crippen LogP contribution in [0.4, 0.5) is 24.7 Å². The van der Waals surface area contributed by atoms with Crippen LogP contribution < -0.4 is 10.6 Å². The zero-order valence-electron chi connectivity index (χ0n) is 20.0. The molecule has 0 bridgehead atoms. The molecular formula is C27H23F3N4O4. The summed E-state index contributed by atoms with van der Waals surface area (Å²) in [6.45, 7) is 2.00. The number of carbonyl (C=O) groups excluding carboxylic acids is 3. The van der Waals surface area contributed by atoms with Crippen LogP contribution >= 0.6 is 0 Å². The highest BCUT2D eigenvalue weighted by molar-refractivity contribution is 6.05. The van der Waals surface area contributed by atoms with Gasteiger partial charge in [0.2, 0.25) is 5.91 Å². The van der Waals surface area contributed by atoms with Crippen LogP contribution in [0.5, 0.6) is 0 Å². The summed E-state index contributed by atoms with van der Waals surface area (Å²) in [6, 6.07) is 13.7. The van der Waals surface area contributed by atoms with Crippen LogP contribution in [-0.4, -0.2) is 53.9 Å². The Kier molecular flexibility index (Phi) is 8.17. The number of nitrogens with one attached hydrogen (secondary N) is 2. The molecule has 4 rings (SSSR count). The Morgan fingerprint density at radius 2 is 1.68 bits per heavy atom. The third-order valence-corrected chi connectivity index (χ3v) is 5.58.